The lowest BCUT2D eigenvalue weighted by Gasteiger charge is -2.18. The zero-order valence-corrected chi connectivity index (χ0v) is 20.4. The van der Waals surface area contributed by atoms with Crippen molar-refractivity contribution in [2.24, 2.45) is 0 Å². The van der Waals surface area contributed by atoms with Gasteiger partial charge in [-0.2, -0.15) is 0 Å². The van der Waals surface area contributed by atoms with E-state index in [9.17, 15) is 9.59 Å². The SMILES string of the molecule is CCCOc1cccc(NC2=C(c3ccc(C)c(C)c3)C(=O)N(c3cc(C)ccc3C)C2=O)c1. The summed E-state index contributed by atoms with van der Waals surface area (Å²) < 4.78 is 5.75. The second-order valence-electron chi connectivity index (χ2n) is 8.79. The van der Waals surface area contributed by atoms with Crippen molar-refractivity contribution in [3.05, 3.63) is 94.2 Å². The first-order chi connectivity index (χ1) is 16.3. The van der Waals surface area contributed by atoms with Gasteiger partial charge in [-0.25, -0.2) is 4.90 Å². The van der Waals surface area contributed by atoms with Crippen LogP contribution in [0.15, 0.2) is 66.4 Å². The van der Waals surface area contributed by atoms with Crippen LogP contribution in [-0.2, 0) is 9.59 Å². The van der Waals surface area contributed by atoms with E-state index in [0.717, 1.165) is 34.2 Å². The van der Waals surface area contributed by atoms with Crippen molar-refractivity contribution in [3.63, 3.8) is 0 Å². The van der Waals surface area contributed by atoms with E-state index in [1.807, 2.05) is 95.3 Å². The van der Waals surface area contributed by atoms with Crippen molar-refractivity contribution < 1.29 is 14.3 Å². The van der Waals surface area contributed by atoms with Gasteiger partial charge < -0.3 is 10.1 Å². The van der Waals surface area contributed by atoms with E-state index in [1.165, 1.54) is 4.90 Å². The molecule has 3 aromatic rings. The maximum Gasteiger partial charge on any atom is 0.282 e. The predicted molar refractivity (Wildman–Crippen MR) is 137 cm³/mol. The molecule has 1 heterocycles. The van der Waals surface area contributed by atoms with Crippen molar-refractivity contribution in [1.29, 1.82) is 0 Å². The second-order valence-corrected chi connectivity index (χ2v) is 8.79. The highest BCUT2D eigenvalue weighted by atomic mass is 16.5. The third-order valence-corrected chi connectivity index (χ3v) is 6.06. The molecule has 1 N–H and O–H groups in total. The number of aryl methyl sites for hydroxylation is 4. The van der Waals surface area contributed by atoms with Crippen molar-refractivity contribution >= 4 is 28.8 Å². The quantitative estimate of drug-likeness (QED) is 0.438. The Bertz CT molecular complexity index is 1310. The molecule has 34 heavy (non-hydrogen) atoms. The Morgan fingerprint density at radius 3 is 2.32 bits per heavy atom. The summed E-state index contributed by atoms with van der Waals surface area (Å²) in [6, 6.07) is 19.1. The van der Waals surface area contributed by atoms with Crippen LogP contribution in [0.3, 0.4) is 0 Å². The number of carbonyl (C=O) groups is 2. The molecule has 1 aliphatic rings. The maximum absolute atomic E-state index is 13.8. The van der Waals surface area contributed by atoms with E-state index in [1.54, 1.807) is 0 Å². The van der Waals surface area contributed by atoms with Crippen LogP contribution in [0, 0.1) is 27.7 Å². The summed E-state index contributed by atoms with van der Waals surface area (Å²) in [5, 5.41) is 3.24. The molecule has 0 aromatic heterocycles. The summed E-state index contributed by atoms with van der Waals surface area (Å²) in [7, 11) is 0. The van der Waals surface area contributed by atoms with Crippen LogP contribution in [0.4, 0.5) is 11.4 Å². The number of imide groups is 1. The van der Waals surface area contributed by atoms with Gasteiger partial charge in [0.25, 0.3) is 11.8 Å². The van der Waals surface area contributed by atoms with Gasteiger partial charge >= 0.3 is 0 Å². The molecule has 0 unspecified atom stereocenters. The van der Waals surface area contributed by atoms with Crippen LogP contribution in [0.1, 0.15) is 41.2 Å². The van der Waals surface area contributed by atoms with Crippen LogP contribution in [0.5, 0.6) is 5.75 Å². The highest BCUT2D eigenvalue weighted by Crippen LogP contribution is 2.36. The highest BCUT2D eigenvalue weighted by Gasteiger charge is 2.41. The highest BCUT2D eigenvalue weighted by molar-refractivity contribution is 6.46. The van der Waals surface area contributed by atoms with Crippen LogP contribution < -0.4 is 15.0 Å². The van der Waals surface area contributed by atoms with Gasteiger partial charge in [-0.1, -0.05) is 43.3 Å². The Morgan fingerprint density at radius 1 is 0.824 bits per heavy atom. The van der Waals surface area contributed by atoms with E-state index < -0.39 is 0 Å². The van der Waals surface area contributed by atoms with E-state index >= 15 is 0 Å². The largest absolute Gasteiger partial charge is 0.494 e. The molecule has 0 spiro atoms. The molecule has 0 saturated carbocycles. The van der Waals surface area contributed by atoms with Gasteiger partial charge in [-0.05, 0) is 80.1 Å². The molecule has 3 aromatic carbocycles. The van der Waals surface area contributed by atoms with E-state index in [2.05, 4.69) is 5.32 Å². The van der Waals surface area contributed by atoms with Crippen LogP contribution >= 0.6 is 0 Å². The second kappa shape index (κ2) is 9.56. The third-order valence-electron chi connectivity index (χ3n) is 6.06. The molecule has 4 rings (SSSR count). The fourth-order valence-electron chi connectivity index (χ4n) is 4.02. The minimum atomic E-state index is -0.369. The van der Waals surface area contributed by atoms with Crippen molar-refractivity contribution in [2.45, 2.75) is 41.0 Å². The monoisotopic (exact) mass is 454 g/mol. The first-order valence-corrected chi connectivity index (χ1v) is 11.6. The number of benzene rings is 3. The standard InChI is InChI=1S/C29H30N2O3/c1-6-14-34-24-9-7-8-23(17-24)30-27-26(22-13-12-19(3)21(5)16-22)28(32)31(29(27)33)25-15-18(2)10-11-20(25)4/h7-13,15-17,30H,6,14H2,1-5H3. The Balaban J connectivity index is 1.82. The molecule has 0 aliphatic carbocycles. The summed E-state index contributed by atoms with van der Waals surface area (Å²) in [6.45, 7) is 10.5. The molecule has 5 heteroatoms. The molecule has 2 amide bonds. The number of nitrogens with one attached hydrogen (secondary N) is 1. The van der Waals surface area contributed by atoms with Gasteiger partial charge in [-0.15, -0.1) is 0 Å². The van der Waals surface area contributed by atoms with Crippen LogP contribution in [-0.4, -0.2) is 18.4 Å². The maximum atomic E-state index is 13.8. The zero-order chi connectivity index (χ0) is 24.4. The predicted octanol–water partition coefficient (Wildman–Crippen LogP) is 6.11. The molecule has 1 aliphatic heterocycles. The van der Waals surface area contributed by atoms with Gasteiger partial charge in [-0.3, -0.25) is 9.59 Å². The minimum Gasteiger partial charge on any atom is -0.494 e. The zero-order valence-electron chi connectivity index (χ0n) is 20.4. The van der Waals surface area contributed by atoms with Crippen LogP contribution in [0.25, 0.3) is 5.57 Å². The van der Waals surface area contributed by atoms with Gasteiger partial charge in [0.05, 0.1) is 17.9 Å². The normalized spacial score (nSPS) is 13.6. The first kappa shape index (κ1) is 23.3. The number of anilines is 2. The lowest BCUT2D eigenvalue weighted by molar-refractivity contribution is -0.120. The summed E-state index contributed by atoms with van der Waals surface area (Å²) in [5.41, 5.74) is 6.68. The van der Waals surface area contributed by atoms with Crippen molar-refractivity contribution in [3.8, 4) is 5.75 Å². The molecular weight excluding hydrogens is 424 g/mol. The number of ether oxygens (including phenoxy) is 1. The minimum absolute atomic E-state index is 0.266. The Morgan fingerprint density at radius 2 is 1.59 bits per heavy atom. The van der Waals surface area contributed by atoms with Crippen LogP contribution in [0.2, 0.25) is 0 Å². The van der Waals surface area contributed by atoms with E-state index in [0.29, 0.717) is 29.3 Å². The number of amides is 2. The summed E-state index contributed by atoms with van der Waals surface area (Å²) >= 11 is 0. The molecule has 0 atom stereocenters. The fourth-order valence-corrected chi connectivity index (χ4v) is 4.02. The molecule has 0 bridgehead atoms. The van der Waals surface area contributed by atoms with E-state index in [4.69, 9.17) is 4.74 Å². The molecule has 0 radical (unpaired) electrons. The third kappa shape index (κ3) is 4.46. The summed E-state index contributed by atoms with van der Waals surface area (Å²) in [5.74, 6) is 0.0120. The molecular formula is C29H30N2O3. The fraction of sp³-hybridized carbons (Fsp3) is 0.241. The van der Waals surface area contributed by atoms with Gasteiger partial charge in [0.2, 0.25) is 0 Å². The average molecular weight is 455 g/mol. The Kier molecular flexibility index (Phi) is 6.55. The van der Waals surface area contributed by atoms with Gasteiger partial charge in [0.1, 0.15) is 11.4 Å². The Hall–Kier alpha value is -3.86. The Labute approximate surface area is 201 Å². The smallest absolute Gasteiger partial charge is 0.282 e. The summed E-state index contributed by atoms with van der Waals surface area (Å²) in [6.07, 6.45) is 0.900. The van der Waals surface area contributed by atoms with Crippen molar-refractivity contribution in [1.82, 2.24) is 0 Å². The number of nitrogens with zero attached hydrogens (tertiary/aromatic N) is 1. The van der Waals surface area contributed by atoms with Crippen molar-refractivity contribution in [2.75, 3.05) is 16.8 Å². The topological polar surface area (TPSA) is 58.6 Å². The molecule has 5 nitrogen and oxygen atoms in total. The van der Waals surface area contributed by atoms with E-state index in [-0.39, 0.29) is 17.5 Å². The number of carbonyl (C=O) groups excluding carboxylic acids is 2. The number of rotatable bonds is 7. The number of hydrogen-bond acceptors (Lipinski definition) is 4. The van der Waals surface area contributed by atoms with Gasteiger partial charge in [0, 0.05) is 11.8 Å². The molecule has 0 saturated heterocycles. The molecule has 0 fully saturated rings. The molecule has 174 valence electrons. The summed E-state index contributed by atoms with van der Waals surface area (Å²) in [4.78, 5) is 28.8. The lowest BCUT2D eigenvalue weighted by Crippen LogP contribution is -2.33. The average Bonchev–Trinajstić information content (AvgIpc) is 3.05. The van der Waals surface area contributed by atoms with Gasteiger partial charge in [0.15, 0.2) is 0 Å². The first-order valence-electron chi connectivity index (χ1n) is 11.6. The lowest BCUT2D eigenvalue weighted by atomic mass is 9.99. The number of hydrogen-bond donors (Lipinski definition) is 1.